The first-order valence-electron chi connectivity index (χ1n) is 19.0. The molecule has 3 fully saturated rings. The molecule has 1 aliphatic carbocycles. The van der Waals surface area contributed by atoms with Gasteiger partial charge in [0.05, 0.1) is 48.6 Å². The highest BCUT2D eigenvalue weighted by Crippen LogP contribution is 2.47. The zero-order valence-electron chi connectivity index (χ0n) is 33.3. The summed E-state index contributed by atoms with van der Waals surface area (Å²) in [5.41, 5.74) is -0.552. The van der Waals surface area contributed by atoms with Crippen LogP contribution in [0.4, 0.5) is 0 Å². The molecule has 308 valence electrons. The lowest BCUT2D eigenvalue weighted by Gasteiger charge is -2.46. The molecule has 2 bridgehead atoms. The number of likely N-dealkylation sites (N-methyl/N-ethyl adjacent to an activating group) is 1. The van der Waals surface area contributed by atoms with Crippen molar-refractivity contribution in [1.82, 2.24) is 4.90 Å². The van der Waals surface area contributed by atoms with Crippen molar-refractivity contribution >= 4 is 17.5 Å². The van der Waals surface area contributed by atoms with E-state index in [0.29, 0.717) is 12.0 Å². The van der Waals surface area contributed by atoms with E-state index in [1.807, 2.05) is 13.0 Å². The van der Waals surface area contributed by atoms with E-state index in [1.165, 1.54) is 20.3 Å². The fourth-order valence-electron chi connectivity index (χ4n) is 8.42. The second-order valence-electron chi connectivity index (χ2n) is 16.0. The van der Waals surface area contributed by atoms with Crippen molar-refractivity contribution in [2.75, 3.05) is 34.9 Å². The average Bonchev–Trinajstić information content (AvgIpc) is 3.43. The van der Waals surface area contributed by atoms with Gasteiger partial charge >= 0.3 is 5.97 Å². The zero-order valence-corrected chi connectivity index (χ0v) is 33.3. The SMILES string of the molecule is CC[C@H]1OC(=O)CC(=O)[C@H](C)[C@@H](O[C@@H]2O[C@@H](C)[C@@H](O)[C@@H](N(C)C)[C@H]2O)[C@H]2C[C@H](O)[C@@](C)(C2)C(=O)/C=C/C(C)=C/[C@@H]1CO[C@@H]1O[C@@H](C)[C@@H](O)[C@@H](OC)[C@@H]1OC. The standard InChI is InChI=1S/C39H63NO14/c1-11-26-24(18-50-38-36(49-10)35(48-9)32(46)22(5)52-38)14-19(2)12-13-27(42)39(6)17-23(15-28(39)43)34(20(3)25(41)16-29(44)53-26)54-37-33(47)30(40(7)8)31(45)21(4)51-37/h12-14,20-24,26,28,30-38,43,45-47H,11,15-18H2,1-10H3/b13-12+,19-14+/t20-,21-,22-,23-,24+,26+,28-,30+,31+,32+,33+,34+,35+,36-,37-,38+,39-/m0/s1. The van der Waals surface area contributed by atoms with Gasteiger partial charge in [0.25, 0.3) is 0 Å². The highest BCUT2D eigenvalue weighted by Gasteiger charge is 2.53. The second-order valence-corrected chi connectivity index (χ2v) is 16.0. The van der Waals surface area contributed by atoms with Crippen LogP contribution in [0.25, 0.3) is 0 Å². The second kappa shape index (κ2) is 18.9. The lowest BCUT2D eigenvalue weighted by molar-refractivity contribution is -0.304. The fourth-order valence-corrected chi connectivity index (χ4v) is 8.42. The minimum Gasteiger partial charge on any atom is -0.461 e. The normalized spacial score (nSPS) is 45.9. The molecule has 4 aliphatic rings. The molecule has 0 amide bonds. The number of carbonyl (C=O) groups excluding carboxylic acids is 3. The van der Waals surface area contributed by atoms with Crippen molar-refractivity contribution in [2.24, 2.45) is 23.2 Å². The maximum Gasteiger partial charge on any atom is 0.313 e. The summed E-state index contributed by atoms with van der Waals surface area (Å²) in [6.45, 7) is 10.3. The molecule has 0 spiro atoms. The van der Waals surface area contributed by atoms with Crippen LogP contribution in [0.3, 0.4) is 0 Å². The van der Waals surface area contributed by atoms with E-state index in [-0.39, 0.29) is 25.2 Å². The summed E-state index contributed by atoms with van der Waals surface area (Å²) < 4.78 is 41.6. The van der Waals surface area contributed by atoms with Gasteiger partial charge in [-0.1, -0.05) is 31.6 Å². The number of fused-ring (bicyclic) bond motifs is 2. The Morgan fingerprint density at radius 1 is 0.889 bits per heavy atom. The predicted octanol–water partition coefficient (Wildman–Crippen LogP) is 1.32. The van der Waals surface area contributed by atoms with Gasteiger partial charge in [0.15, 0.2) is 18.4 Å². The highest BCUT2D eigenvalue weighted by molar-refractivity contribution is 5.97. The molecular weight excluding hydrogens is 706 g/mol. The Kier molecular flexibility index (Phi) is 15.6. The minimum absolute atomic E-state index is 0.0160. The Bertz CT molecular complexity index is 1360. The number of aliphatic hydroxyl groups is 4. The van der Waals surface area contributed by atoms with E-state index in [1.54, 1.807) is 59.7 Å². The molecule has 1 saturated carbocycles. The first-order chi connectivity index (χ1) is 25.4. The topological polar surface area (TPSA) is 200 Å². The van der Waals surface area contributed by atoms with Crippen LogP contribution >= 0.6 is 0 Å². The van der Waals surface area contributed by atoms with Crippen molar-refractivity contribution < 1.29 is 68.0 Å². The molecule has 0 aromatic heterocycles. The third-order valence-electron chi connectivity index (χ3n) is 11.9. The van der Waals surface area contributed by atoms with Gasteiger partial charge in [0, 0.05) is 26.1 Å². The number of rotatable bonds is 9. The van der Waals surface area contributed by atoms with Crippen LogP contribution in [0.15, 0.2) is 23.8 Å². The zero-order chi connectivity index (χ0) is 40.2. The number of hydrogen-bond acceptors (Lipinski definition) is 15. The molecule has 0 aromatic carbocycles. The first-order valence-corrected chi connectivity index (χ1v) is 19.0. The van der Waals surface area contributed by atoms with E-state index in [9.17, 15) is 34.8 Å². The summed E-state index contributed by atoms with van der Waals surface area (Å²) in [7, 11) is 6.35. The Morgan fingerprint density at radius 3 is 2.13 bits per heavy atom. The smallest absolute Gasteiger partial charge is 0.313 e. The number of esters is 1. The summed E-state index contributed by atoms with van der Waals surface area (Å²) in [4.78, 5) is 43.0. The molecular formula is C39H63NO14. The molecule has 54 heavy (non-hydrogen) atoms. The number of hydrogen-bond donors (Lipinski definition) is 4. The highest BCUT2D eigenvalue weighted by atomic mass is 16.7. The number of ether oxygens (including phenoxy) is 7. The summed E-state index contributed by atoms with van der Waals surface area (Å²) in [6.07, 6.45) is -6.11. The predicted molar refractivity (Wildman–Crippen MR) is 194 cm³/mol. The molecule has 0 unspecified atom stereocenters. The van der Waals surface area contributed by atoms with Crippen LogP contribution in [0, 0.1) is 23.2 Å². The number of cyclic esters (lactones) is 1. The van der Waals surface area contributed by atoms with Gasteiger partial charge in [-0.05, 0) is 73.0 Å². The first kappa shape index (κ1) is 44.6. The van der Waals surface area contributed by atoms with Crippen LogP contribution < -0.4 is 0 Å². The number of aliphatic hydroxyl groups excluding tert-OH is 4. The van der Waals surface area contributed by atoms with E-state index < -0.39 is 121 Å². The summed E-state index contributed by atoms with van der Waals surface area (Å²) >= 11 is 0. The van der Waals surface area contributed by atoms with Gasteiger partial charge in [-0.3, -0.25) is 14.4 Å². The number of methoxy groups -OCH3 is 2. The van der Waals surface area contributed by atoms with Gasteiger partial charge in [0.1, 0.15) is 42.7 Å². The van der Waals surface area contributed by atoms with Crippen LogP contribution in [0.2, 0.25) is 0 Å². The van der Waals surface area contributed by atoms with Crippen molar-refractivity contribution in [3.8, 4) is 0 Å². The summed E-state index contributed by atoms with van der Waals surface area (Å²) in [5, 5.41) is 44.1. The molecule has 2 saturated heterocycles. The largest absolute Gasteiger partial charge is 0.461 e. The molecule has 15 heteroatoms. The van der Waals surface area contributed by atoms with Gasteiger partial charge in [-0.2, -0.15) is 0 Å². The van der Waals surface area contributed by atoms with E-state index in [4.69, 9.17) is 33.2 Å². The third-order valence-corrected chi connectivity index (χ3v) is 11.9. The van der Waals surface area contributed by atoms with Crippen molar-refractivity contribution in [2.45, 2.75) is 147 Å². The lowest BCUT2D eigenvalue weighted by Crippen LogP contribution is -2.63. The van der Waals surface area contributed by atoms with Crippen LogP contribution in [-0.2, 0) is 47.5 Å². The lowest BCUT2D eigenvalue weighted by atomic mass is 9.79. The number of allylic oxidation sites excluding steroid dienone is 3. The monoisotopic (exact) mass is 769 g/mol. The Morgan fingerprint density at radius 2 is 1.52 bits per heavy atom. The summed E-state index contributed by atoms with van der Waals surface area (Å²) in [5.74, 6) is -3.57. The maximum atomic E-state index is 13.9. The fraction of sp³-hybridized carbons (Fsp3) is 0.821. The van der Waals surface area contributed by atoms with Crippen LogP contribution in [0.1, 0.15) is 67.2 Å². The van der Waals surface area contributed by atoms with Crippen molar-refractivity contribution in [1.29, 1.82) is 0 Å². The van der Waals surface area contributed by atoms with Crippen molar-refractivity contribution in [3.63, 3.8) is 0 Å². The number of Topliss-reactive ketones (excluding diaryl/α,β-unsaturated/α-hetero) is 1. The van der Waals surface area contributed by atoms with Gasteiger partial charge < -0.3 is 58.5 Å². The van der Waals surface area contributed by atoms with E-state index in [0.717, 1.165) is 0 Å². The maximum absolute atomic E-state index is 13.9. The molecule has 17 atom stereocenters. The Labute approximate surface area is 318 Å². The third kappa shape index (κ3) is 9.68. The molecule has 3 aliphatic heterocycles. The molecule has 0 aromatic rings. The van der Waals surface area contributed by atoms with Crippen LogP contribution in [-0.4, -0.2) is 157 Å². The van der Waals surface area contributed by atoms with Gasteiger partial charge in [-0.15, -0.1) is 0 Å². The summed E-state index contributed by atoms with van der Waals surface area (Å²) in [6, 6.07) is -0.738. The Balaban J connectivity index is 1.65. The Hall–Kier alpha value is -2.15. The average molecular weight is 770 g/mol. The number of carbonyl (C=O) groups is 3. The number of ketones is 2. The number of nitrogens with zero attached hydrogens (tertiary/aromatic N) is 1. The quantitative estimate of drug-likeness (QED) is 0.193. The van der Waals surface area contributed by atoms with Gasteiger partial charge in [0.2, 0.25) is 0 Å². The molecule has 3 heterocycles. The molecule has 0 radical (unpaired) electrons. The minimum atomic E-state index is -1.30. The van der Waals surface area contributed by atoms with Gasteiger partial charge in [-0.25, -0.2) is 0 Å². The van der Waals surface area contributed by atoms with E-state index in [2.05, 4.69) is 0 Å². The molecule has 15 nitrogen and oxygen atoms in total. The van der Waals surface area contributed by atoms with Crippen LogP contribution in [0.5, 0.6) is 0 Å². The van der Waals surface area contributed by atoms with E-state index >= 15 is 0 Å². The van der Waals surface area contributed by atoms with Crippen molar-refractivity contribution in [3.05, 3.63) is 23.8 Å². The molecule has 4 rings (SSSR count). The molecule has 4 N–H and O–H groups in total.